The largest absolute Gasteiger partial charge is 0.389 e. The average molecular weight is 288 g/mol. The maximum Gasteiger partial charge on any atom is 0.224 e. The van der Waals surface area contributed by atoms with Gasteiger partial charge in [-0.25, -0.2) is 4.98 Å². The minimum absolute atomic E-state index is 0.0708. The van der Waals surface area contributed by atoms with Crippen molar-refractivity contribution in [3.8, 4) is 11.3 Å². The van der Waals surface area contributed by atoms with Crippen molar-refractivity contribution in [2.24, 2.45) is 0 Å². The molecule has 1 aromatic carbocycles. The second-order valence-corrected chi connectivity index (χ2v) is 6.11. The molecule has 0 bridgehead atoms. The average Bonchev–Trinajstić information content (AvgIpc) is 2.86. The maximum atomic E-state index is 11.7. The first kappa shape index (κ1) is 12.9. The van der Waals surface area contributed by atoms with E-state index in [1.54, 1.807) is 6.92 Å². The van der Waals surface area contributed by atoms with Crippen molar-refractivity contribution < 1.29 is 4.79 Å². The van der Waals surface area contributed by atoms with Crippen LogP contribution < -0.4 is 16.4 Å². The van der Waals surface area contributed by atoms with Crippen LogP contribution in [0.3, 0.4) is 0 Å². The summed E-state index contributed by atoms with van der Waals surface area (Å²) < 4.78 is 0. The van der Waals surface area contributed by atoms with E-state index in [9.17, 15) is 4.79 Å². The topological polar surface area (TPSA) is 85.2 Å². The van der Waals surface area contributed by atoms with Gasteiger partial charge in [0.15, 0.2) is 5.13 Å². The number of aromatic nitrogens is 1. The number of carbonyl (C=O) groups is 1. The number of hydrogen-bond donors (Lipinski definition) is 2. The Bertz CT molecular complexity index is 694. The molecule has 1 amide bonds. The van der Waals surface area contributed by atoms with Gasteiger partial charge in [0.2, 0.25) is 5.91 Å². The zero-order valence-corrected chi connectivity index (χ0v) is 12.2. The lowest BCUT2D eigenvalue weighted by Gasteiger charge is -2.20. The van der Waals surface area contributed by atoms with Gasteiger partial charge in [-0.2, -0.15) is 0 Å². The zero-order valence-electron chi connectivity index (χ0n) is 11.4. The van der Waals surface area contributed by atoms with Crippen molar-refractivity contribution in [2.75, 3.05) is 16.4 Å². The molecule has 104 valence electrons. The van der Waals surface area contributed by atoms with Crippen LogP contribution in [0.5, 0.6) is 0 Å². The third-order valence-electron chi connectivity index (χ3n) is 3.58. The summed E-state index contributed by atoms with van der Waals surface area (Å²) in [5.74, 6) is 0.0708. The predicted molar refractivity (Wildman–Crippen MR) is 82.7 cm³/mol. The van der Waals surface area contributed by atoms with Gasteiger partial charge in [0.1, 0.15) is 10.7 Å². The Labute approximate surface area is 121 Å². The summed E-state index contributed by atoms with van der Waals surface area (Å²) in [5.41, 5.74) is 15.4. The van der Waals surface area contributed by atoms with Crippen molar-refractivity contribution in [3.05, 3.63) is 23.8 Å². The summed E-state index contributed by atoms with van der Waals surface area (Å²) in [6.07, 6.45) is 0.849. The Balaban J connectivity index is 2.06. The minimum atomic E-state index is 0.0708. The fourth-order valence-corrected chi connectivity index (χ4v) is 3.44. The summed E-state index contributed by atoms with van der Waals surface area (Å²) in [4.78, 5) is 17.8. The minimum Gasteiger partial charge on any atom is -0.389 e. The molecule has 0 saturated heterocycles. The molecule has 2 aromatic rings. The van der Waals surface area contributed by atoms with Crippen molar-refractivity contribution in [1.82, 2.24) is 4.98 Å². The molecule has 1 aliphatic heterocycles. The number of benzene rings is 1. The van der Waals surface area contributed by atoms with Crippen molar-refractivity contribution >= 4 is 33.1 Å². The van der Waals surface area contributed by atoms with Gasteiger partial charge in [-0.15, -0.1) is 0 Å². The van der Waals surface area contributed by atoms with Gasteiger partial charge in [0.05, 0.1) is 0 Å². The van der Waals surface area contributed by atoms with Crippen LogP contribution in [0.4, 0.5) is 15.8 Å². The number of nitrogen functional groups attached to an aromatic ring is 2. The molecular weight excluding hydrogens is 272 g/mol. The molecule has 0 fully saturated rings. The summed E-state index contributed by atoms with van der Waals surface area (Å²) in [6, 6.07) is 6.15. The molecule has 3 rings (SSSR count). The molecule has 1 unspecified atom stereocenters. The van der Waals surface area contributed by atoms with Crippen LogP contribution in [-0.4, -0.2) is 16.9 Å². The molecule has 20 heavy (non-hydrogen) atoms. The van der Waals surface area contributed by atoms with E-state index in [1.807, 2.05) is 17.0 Å². The standard InChI is InChI=1S/C14H16N4OS/c1-7-5-10-6-9(12-13(15)20-14(16)17-12)3-4-11(10)18(7)8(2)19/h3-4,6-7H,5,15H2,1-2H3,(H2,16,17). The number of hydrogen-bond acceptors (Lipinski definition) is 5. The van der Waals surface area contributed by atoms with Gasteiger partial charge in [0, 0.05) is 24.2 Å². The summed E-state index contributed by atoms with van der Waals surface area (Å²) in [5, 5.41) is 1.09. The van der Waals surface area contributed by atoms with Gasteiger partial charge in [-0.3, -0.25) is 4.79 Å². The van der Waals surface area contributed by atoms with Crippen LogP contribution in [0, 0.1) is 0 Å². The van der Waals surface area contributed by atoms with Gasteiger partial charge in [-0.1, -0.05) is 17.4 Å². The smallest absolute Gasteiger partial charge is 0.224 e. The van der Waals surface area contributed by atoms with Crippen LogP contribution in [0.25, 0.3) is 11.3 Å². The Kier molecular flexibility index (Phi) is 2.90. The first-order chi connectivity index (χ1) is 9.47. The zero-order chi connectivity index (χ0) is 14.4. The number of nitrogens with zero attached hydrogens (tertiary/aromatic N) is 2. The molecule has 0 spiro atoms. The molecule has 2 heterocycles. The molecule has 1 atom stereocenters. The van der Waals surface area contributed by atoms with Gasteiger partial charge in [0.25, 0.3) is 0 Å². The van der Waals surface area contributed by atoms with Crippen LogP contribution >= 0.6 is 11.3 Å². The number of fused-ring (bicyclic) bond motifs is 1. The molecule has 6 heteroatoms. The van der Waals surface area contributed by atoms with E-state index in [0.29, 0.717) is 10.1 Å². The van der Waals surface area contributed by atoms with Crippen LogP contribution in [0.1, 0.15) is 19.4 Å². The second kappa shape index (κ2) is 4.49. The van der Waals surface area contributed by atoms with E-state index in [-0.39, 0.29) is 11.9 Å². The van der Waals surface area contributed by atoms with E-state index in [0.717, 1.165) is 28.9 Å². The lowest BCUT2D eigenvalue weighted by Crippen LogP contribution is -2.33. The van der Waals surface area contributed by atoms with Crippen molar-refractivity contribution in [1.29, 1.82) is 0 Å². The van der Waals surface area contributed by atoms with E-state index in [1.165, 1.54) is 11.3 Å². The first-order valence-electron chi connectivity index (χ1n) is 6.42. The van der Waals surface area contributed by atoms with E-state index < -0.39 is 0 Å². The van der Waals surface area contributed by atoms with E-state index in [4.69, 9.17) is 11.5 Å². The molecule has 1 aliphatic rings. The van der Waals surface area contributed by atoms with Gasteiger partial charge in [-0.05, 0) is 31.0 Å². The lowest BCUT2D eigenvalue weighted by atomic mass is 10.1. The fraction of sp³-hybridized carbons (Fsp3) is 0.286. The highest BCUT2D eigenvalue weighted by molar-refractivity contribution is 7.19. The van der Waals surface area contributed by atoms with Gasteiger partial charge >= 0.3 is 0 Å². The van der Waals surface area contributed by atoms with E-state index >= 15 is 0 Å². The summed E-state index contributed by atoms with van der Waals surface area (Å²) in [6.45, 7) is 3.65. The molecule has 1 aromatic heterocycles. The normalized spacial score (nSPS) is 17.3. The molecule has 4 N–H and O–H groups in total. The summed E-state index contributed by atoms with van der Waals surface area (Å²) in [7, 11) is 0. The molecule has 0 radical (unpaired) electrons. The monoisotopic (exact) mass is 288 g/mol. The fourth-order valence-electron chi connectivity index (χ4n) is 2.81. The molecular formula is C14H16N4OS. The van der Waals surface area contributed by atoms with E-state index in [2.05, 4.69) is 18.0 Å². The number of anilines is 3. The van der Waals surface area contributed by atoms with Gasteiger partial charge < -0.3 is 16.4 Å². The molecule has 5 nitrogen and oxygen atoms in total. The quantitative estimate of drug-likeness (QED) is 0.843. The van der Waals surface area contributed by atoms with Crippen molar-refractivity contribution in [2.45, 2.75) is 26.3 Å². The lowest BCUT2D eigenvalue weighted by molar-refractivity contribution is -0.116. The number of thiazole rings is 1. The number of rotatable bonds is 1. The van der Waals surface area contributed by atoms with Crippen LogP contribution in [-0.2, 0) is 11.2 Å². The molecule has 0 saturated carbocycles. The first-order valence-corrected chi connectivity index (χ1v) is 7.24. The Morgan fingerprint density at radius 1 is 1.45 bits per heavy atom. The SMILES string of the molecule is CC(=O)N1c2ccc(-c3nc(N)sc3N)cc2CC1C. The number of amides is 1. The Hall–Kier alpha value is -2.08. The maximum absolute atomic E-state index is 11.7. The third-order valence-corrected chi connectivity index (χ3v) is 4.29. The summed E-state index contributed by atoms with van der Waals surface area (Å²) >= 11 is 1.28. The highest BCUT2D eigenvalue weighted by atomic mass is 32.1. The predicted octanol–water partition coefficient (Wildman–Crippen LogP) is 2.27. The molecule has 0 aliphatic carbocycles. The highest BCUT2D eigenvalue weighted by Gasteiger charge is 2.29. The van der Waals surface area contributed by atoms with Crippen molar-refractivity contribution in [3.63, 3.8) is 0 Å². The Morgan fingerprint density at radius 3 is 2.80 bits per heavy atom. The van der Waals surface area contributed by atoms with Crippen LogP contribution in [0.15, 0.2) is 18.2 Å². The number of carbonyl (C=O) groups excluding carboxylic acids is 1. The van der Waals surface area contributed by atoms with Crippen LogP contribution in [0.2, 0.25) is 0 Å². The third kappa shape index (κ3) is 1.92. The number of nitrogens with two attached hydrogens (primary N) is 2. The second-order valence-electron chi connectivity index (χ2n) is 5.05. The Morgan fingerprint density at radius 2 is 2.20 bits per heavy atom. The highest BCUT2D eigenvalue weighted by Crippen LogP contribution is 2.38.